The van der Waals surface area contributed by atoms with Gasteiger partial charge in [0.15, 0.2) is 0 Å². The first-order valence-corrected chi connectivity index (χ1v) is 6.92. The molecule has 4 heteroatoms. The van der Waals surface area contributed by atoms with Crippen molar-refractivity contribution in [1.82, 2.24) is 10.6 Å². The molecule has 0 radical (unpaired) electrons. The van der Waals surface area contributed by atoms with E-state index in [1.165, 1.54) is 0 Å². The van der Waals surface area contributed by atoms with Crippen LogP contribution in [0.5, 0.6) is 0 Å². The molecular weight excluding hydrogens is 240 g/mol. The quantitative estimate of drug-likeness (QED) is 0.876. The summed E-state index contributed by atoms with van der Waals surface area (Å²) in [5, 5.41) is 6.23. The third kappa shape index (κ3) is 4.56. The Morgan fingerprint density at radius 1 is 1.16 bits per heavy atom. The normalized spacial score (nSPS) is 22.8. The fourth-order valence-corrected chi connectivity index (χ4v) is 2.46. The molecule has 4 nitrogen and oxygen atoms in total. The van der Waals surface area contributed by atoms with Crippen LogP contribution in [0.4, 0.5) is 4.79 Å². The molecule has 1 aliphatic rings. The molecule has 0 atom stereocenters. The van der Waals surface area contributed by atoms with Gasteiger partial charge in [0.1, 0.15) is 6.61 Å². The van der Waals surface area contributed by atoms with Crippen molar-refractivity contribution in [3.8, 4) is 0 Å². The standard InChI is InChI=1S/C15H22N2O2/c1-16-13-7-9-14(10-8-13)17-15(18)19-11-12-5-3-2-4-6-12/h2-6,13-14,16H,7-11H2,1H3,(H,17,18). The predicted molar refractivity (Wildman–Crippen MR) is 74.9 cm³/mol. The zero-order valence-electron chi connectivity index (χ0n) is 11.4. The highest BCUT2D eigenvalue weighted by molar-refractivity contribution is 5.67. The minimum absolute atomic E-state index is 0.257. The van der Waals surface area contributed by atoms with Crippen LogP contribution in [0.15, 0.2) is 30.3 Å². The Labute approximate surface area is 114 Å². The van der Waals surface area contributed by atoms with Gasteiger partial charge in [-0.05, 0) is 38.3 Å². The summed E-state index contributed by atoms with van der Waals surface area (Å²) in [5.41, 5.74) is 1.01. The minimum Gasteiger partial charge on any atom is -0.445 e. The molecule has 1 aliphatic carbocycles. The average Bonchev–Trinajstić information content (AvgIpc) is 2.47. The topological polar surface area (TPSA) is 50.4 Å². The highest BCUT2D eigenvalue weighted by Gasteiger charge is 2.21. The van der Waals surface area contributed by atoms with Crippen molar-refractivity contribution < 1.29 is 9.53 Å². The summed E-state index contributed by atoms with van der Waals surface area (Å²) in [5.74, 6) is 0. The maximum Gasteiger partial charge on any atom is 0.407 e. The molecule has 19 heavy (non-hydrogen) atoms. The number of benzene rings is 1. The number of rotatable bonds is 4. The Morgan fingerprint density at radius 2 is 1.79 bits per heavy atom. The molecule has 0 saturated heterocycles. The van der Waals surface area contributed by atoms with Crippen LogP contribution in [0.3, 0.4) is 0 Å². The Kier molecular flexibility index (Phi) is 5.21. The first-order chi connectivity index (χ1) is 9.28. The lowest BCUT2D eigenvalue weighted by Crippen LogP contribution is -2.41. The van der Waals surface area contributed by atoms with E-state index in [1.54, 1.807) is 0 Å². The van der Waals surface area contributed by atoms with Crippen LogP contribution >= 0.6 is 0 Å². The molecule has 0 heterocycles. The lowest BCUT2D eigenvalue weighted by molar-refractivity contribution is 0.132. The van der Waals surface area contributed by atoms with Gasteiger partial charge in [-0.15, -0.1) is 0 Å². The summed E-state index contributed by atoms with van der Waals surface area (Å²) < 4.78 is 5.22. The van der Waals surface area contributed by atoms with Crippen LogP contribution in [0.1, 0.15) is 31.2 Å². The molecule has 2 rings (SSSR count). The number of hydrogen-bond donors (Lipinski definition) is 2. The van der Waals surface area contributed by atoms with Crippen molar-refractivity contribution >= 4 is 6.09 Å². The molecule has 0 aromatic heterocycles. The molecule has 0 aliphatic heterocycles. The SMILES string of the molecule is CNC1CCC(NC(=O)OCc2ccccc2)CC1. The summed E-state index contributed by atoms with van der Waals surface area (Å²) in [4.78, 5) is 11.7. The van der Waals surface area contributed by atoms with Gasteiger partial charge in [-0.3, -0.25) is 0 Å². The van der Waals surface area contributed by atoms with Crippen molar-refractivity contribution in [2.24, 2.45) is 0 Å². The minimum atomic E-state index is -0.309. The van der Waals surface area contributed by atoms with Crippen LogP contribution in [0.25, 0.3) is 0 Å². The molecule has 104 valence electrons. The van der Waals surface area contributed by atoms with Crippen LogP contribution in [0.2, 0.25) is 0 Å². The van der Waals surface area contributed by atoms with Gasteiger partial charge in [-0.1, -0.05) is 30.3 Å². The Hall–Kier alpha value is -1.55. The van der Waals surface area contributed by atoms with Gasteiger partial charge in [-0.2, -0.15) is 0 Å². The summed E-state index contributed by atoms with van der Waals surface area (Å²) in [6.45, 7) is 0.332. The highest BCUT2D eigenvalue weighted by Crippen LogP contribution is 2.18. The number of amides is 1. The Morgan fingerprint density at radius 3 is 2.42 bits per heavy atom. The van der Waals surface area contributed by atoms with Crippen LogP contribution < -0.4 is 10.6 Å². The van der Waals surface area contributed by atoms with Gasteiger partial charge in [0.2, 0.25) is 0 Å². The van der Waals surface area contributed by atoms with Crippen molar-refractivity contribution in [1.29, 1.82) is 0 Å². The van der Waals surface area contributed by atoms with E-state index in [-0.39, 0.29) is 12.1 Å². The number of carbonyl (C=O) groups excluding carboxylic acids is 1. The van der Waals surface area contributed by atoms with Gasteiger partial charge >= 0.3 is 6.09 Å². The molecule has 1 fully saturated rings. The Balaban J connectivity index is 1.67. The van der Waals surface area contributed by atoms with E-state index in [0.717, 1.165) is 31.2 Å². The van der Waals surface area contributed by atoms with Gasteiger partial charge < -0.3 is 15.4 Å². The van der Waals surface area contributed by atoms with Crippen molar-refractivity contribution in [2.75, 3.05) is 7.05 Å². The van der Waals surface area contributed by atoms with E-state index in [4.69, 9.17) is 4.74 Å². The zero-order valence-corrected chi connectivity index (χ0v) is 11.4. The average molecular weight is 262 g/mol. The van der Waals surface area contributed by atoms with Gasteiger partial charge in [0.25, 0.3) is 0 Å². The Bertz CT molecular complexity index is 386. The predicted octanol–water partition coefficient (Wildman–Crippen LogP) is 2.44. The monoisotopic (exact) mass is 262 g/mol. The summed E-state index contributed by atoms with van der Waals surface area (Å²) in [6.07, 6.45) is 3.95. The first-order valence-electron chi connectivity index (χ1n) is 6.92. The third-order valence-electron chi connectivity index (χ3n) is 3.67. The second kappa shape index (κ2) is 7.14. The van der Waals surface area contributed by atoms with Gasteiger partial charge in [0, 0.05) is 12.1 Å². The highest BCUT2D eigenvalue weighted by atomic mass is 16.5. The number of nitrogens with one attached hydrogen (secondary N) is 2. The first kappa shape index (κ1) is 13.9. The van der Waals surface area contributed by atoms with E-state index in [2.05, 4.69) is 10.6 Å². The van der Waals surface area contributed by atoms with Crippen LogP contribution in [-0.2, 0) is 11.3 Å². The van der Waals surface area contributed by atoms with Gasteiger partial charge in [-0.25, -0.2) is 4.79 Å². The molecule has 1 saturated carbocycles. The number of ether oxygens (including phenoxy) is 1. The largest absolute Gasteiger partial charge is 0.445 e. The molecular formula is C15H22N2O2. The fraction of sp³-hybridized carbons (Fsp3) is 0.533. The lowest BCUT2D eigenvalue weighted by atomic mass is 9.91. The van der Waals surface area contributed by atoms with Crippen molar-refractivity contribution in [3.63, 3.8) is 0 Å². The molecule has 2 N–H and O–H groups in total. The smallest absolute Gasteiger partial charge is 0.407 e. The summed E-state index contributed by atoms with van der Waals surface area (Å²) in [7, 11) is 1.99. The maximum absolute atomic E-state index is 11.7. The molecule has 0 bridgehead atoms. The van der Waals surface area contributed by atoms with Crippen molar-refractivity contribution in [3.05, 3.63) is 35.9 Å². The molecule has 1 amide bonds. The maximum atomic E-state index is 11.7. The molecule has 0 spiro atoms. The molecule has 1 aromatic rings. The third-order valence-corrected chi connectivity index (χ3v) is 3.67. The van der Waals surface area contributed by atoms with Crippen LogP contribution in [0, 0.1) is 0 Å². The number of carbonyl (C=O) groups is 1. The lowest BCUT2D eigenvalue weighted by Gasteiger charge is -2.28. The van der Waals surface area contributed by atoms with Gasteiger partial charge in [0.05, 0.1) is 0 Å². The summed E-state index contributed by atoms with van der Waals surface area (Å²) in [6, 6.07) is 10.6. The van der Waals surface area contributed by atoms with Crippen molar-refractivity contribution in [2.45, 2.75) is 44.4 Å². The number of hydrogen-bond acceptors (Lipinski definition) is 3. The molecule has 0 unspecified atom stereocenters. The zero-order chi connectivity index (χ0) is 13.5. The summed E-state index contributed by atoms with van der Waals surface area (Å²) >= 11 is 0. The van der Waals surface area contributed by atoms with E-state index < -0.39 is 0 Å². The second-order valence-electron chi connectivity index (χ2n) is 5.04. The van der Waals surface area contributed by atoms with Crippen LogP contribution in [-0.4, -0.2) is 25.2 Å². The number of alkyl carbamates (subject to hydrolysis) is 1. The fourth-order valence-electron chi connectivity index (χ4n) is 2.46. The second-order valence-corrected chi connectivity index (χ2v) is 5.04. The van der Waals surface area contributed by atoms with E-state index in [1.807, 2.05) is 37.4 Å². The molecule has 1 aromatic carbocycles. The van der Waals surface area contributed by atoms with E-state index in [9.17, 15) is 4.79 Å². The van der Waals surface area contributed by atoms with E-state index >= 15 is 0 Å². The van der Waals surface area contributed by atoms with E-state index in [0.29, 0.717) is 12.6 Å².